The van der Waals surface area contributed by atoms with Gasteiger partial charge in [0.05, 0.1) is 18.7 Å². The molecule has 0 aliphatic carbocycles. The van der Waals surface area contributed by atoms with Crippen LogP contribution in [0.5, 0.6) is 5.88 Å². The van der Waals surface area contributed by atoms with Crippen molar-refractivity contribution >= 4 is 5.82 Å². The lowest BCUT2D eigenvalue weighted by molar-refractivity contribution is 0.398. The lowest BCUT2D eigenvalue weighted by atomic mass is 10.1. The van der Waals surface area contributed by atoms with Gasteiger partial charge in [-0.2, -0.15) is 10.2 Å². The molecular weight excluding hydrogens is 238 g/mol. The molecule has 1 aromatic heterocycles. The molecule has 1 unspecified atom stereocenters. The van der Waals surface area contributed by atoms with E-state index in [1.807, 2.05) is 43.3 Å². The van der Waals surface area contributed by atoms with E-state index in [0.29, 0.717) is 11.4 Å². The van der Waals surface area contributed by atoms with E-state index in [1.165, 1.54) is 0 Å². The zero-order valence-corrected chi connectivity index (χ0v) is 10.9. The van der Waals surface area contributed by atoms with Crippen LogP contribution in [0.2, 0.25) is 0 Å². The highest BCUT2D eigenvalue weighted by Gasteiger charge is 2.06. The second-order valence-corrected chi connectivity index (χ2v) is 4.17. The van der Waals surface area contributed by atoms with Crippen LogP contribution in [0.4, 0.5) is 5.82 Å². The van der Waals surface area contributed by atoms with Crippen molar-refractivity contribution in [1.82, 2.24) is 4.98 Å². The van der Waals surface area contributed by atoms with Crippen LogP contribution < -0.4 is 10.1 Å². The van der Waals surface area contributed by atoms with Gasteiger partial charge in [-0.1, -0.05) is 18.2 Å². The number of nitriles is 1. The molecule has 2 rings (SSSR count). The molecule has 1 N–H and O–H groups in total. The normalized spacial score (nSPS) is 11.4. The van der Waals surface area contributed by atoms with Crippen LogP contribution in [0.1, 0.15) is 24.1 Å². The summed E-state index contributed by atoms with van der Waals surface area (Å²) in [4.78, 5) is 4.30. The highest BCUT2D eigenvalue weighted by Crippen LogP contribution is 2.19. The molecule has 0 amide bonds. The van der Waals surface area contributed by atoms with Gasteiger partial charge in [0.2, 0.25) is 5.88 Å². The van der Waals surface area contributed by atoms with Crippen molar-refractivity contribution in [1.29, 1.82) is 5.26 Å². The summed E-state index contributed by atoms with van der Waals surface area (Å²) in [5.41, 5.74) is 1.76. The number of nitrogens with zero attached hydrogens (tertiary/aromatic N) is 2. The van der Waals surface area contributed by atoms with Gasteiger partial charge in [0.25, 0.3) is 0 Å². The predicted molar refractivity (Wildman–Crippen MR) is 74.0 cm³/mol. The third kappa shape index (κ3) is 3.23. The molecule has 0 saturated heterocycles. The van der Waals surface area contributed by atoms with Crippen molar-refractivity contribution in [3.8, 4) is 11.9 Å². The first-order valence-electron chi connectivity index (χ1n) is 6.00. The molecule has 0 bridgehead atoms. The summed E-state index contributed by atoms with van der Waals surface area (Å²) in [6.45, 7) is 2.04. The van der Waals surface area contributed by atoms with Gasteiger partial charge >= 0.3 is 0 Å². The number of hydrogen-bond acceptors (Lipinski definition) is 4. The number of aromatic nitrogens is 1. The number of methoxy groups -OCH3 is 1. The number of benzene rings is 1. The van der Waals surface area contributed by atoms with Crippen LogP contribution in [0.3, 0.4) is 0 Å². The van der Waals surface area contributed by atoms with Gasteiger partial charge in [0.15, 0.2) is 0 Å². The molecule has 0 saturated carbocycles. The van der Waals surface area contributed by atoms with E-state index >= 15 is 0 Å². The molecule has 1 aromatic carbocycles. The standard InChI is InChI=1S/C15H15N3O/c1-11(13-8-6-12(10-16)7-9-13)17-14-4-3-5-15(18-14)19-2/h3-9,11H,1-2H3,(H,17,18). The lowest BCUT2D eigenvalue weighted by Gasteiger charge is -2.15. The first kappa shape index (κ1) is 12.9. The number of hydrogen-bond donors (Lipinski definition) is 1. The molecule has 2 aromatic rings. The van der Waals surface area contributed by atoms with Gasteiger partial charge in [-0.15, -0.1) is 0 Å². The molecule has 4 nitrogen and oxygen atoms in total. The minimum atomic E-state index is 0.104. The molecule has 0 spiro atoms. The van der Waals surface area contributed by atoms with E-state index in [2.05, 4.69) is 16.4 Å². The fourth-order valence-corrected chi connectivity index (χ4v) is 1.76. The van der Waals surface area contributed by atoms with E-state index in [1.54, 1.807) is 13.2 Å². The van der Waals surface area contributed by atoms with Crippen molar-refractivity contribution in [3.63, 3.8) is 0 Å². The van der Waals surface area contributed by atoms with Crippen molar-refractivity contribution in [2.75, 3.05) is 12.4 Å². The monoisotopic (exact) mass is 253 g/mol. The predicted octanol–water partition coefficient (Wildman–Crippen LogP) is 3.13. The second kappa shape index (κ2) is 5.87. The third-order valence-corrected chi connectivity index (χ3v) is 2.84. The van der Waals surface area contributed by atoms with Crippen LogP contribution in [-0.2, 0) is 0 Å². The van der Waals surface area contributed by atoms with E-state index in [-0.39, 0.29) is 6.04 Å². The Kier molecular flexibility index (Phi) is 3.99. The number of pyridine rings is 1. The average Bonchev–Trinajstić information content (AvgIpc) is 2.47. The smallest absolute Gasteiger partial charge is 0.214 e. The summed E-state index contributed by atoms with van der Waals surface area (Å²) >= 11 is 0. The summed E-state index contributed by atoms with van der Waals surface area (Å²) in [7, 11) is 1.59. The maximum Gasteiger partial charge on any atom is 0.214 e. The molecule has 1 heterocycles. The molecule has 0 aliphatic heterocycles. The van der Waals surface area contributed by atoms with Crippen molar-refractivity contribution in [3.05, 3.63) is 53.6 Å². The number of rotatable bonds is 4. The van der Waals surface area contributed by atoms with Gasteiger partial charge in [0, 0.05) is 12.1 Å². The minimum Gasteiger partial charge on any atom is -0.481 e. The van der Waals surface area contributed by atoms with Crippen LogP contribution >= 0.6 is 0 Å². The second-order valence-electron chi connectivity index (χ2n) is 4.17. The zero-order chi connectivity index (χ0) is 13.7. The highest BCUT2D eigenvalue weighted by molar-refractivity contribution is 5.41. The quantitative estimate of drug-likeness (QED) is 0.909. The van der Waals surface area contributed by atoms with Crippen molar-refractivity contribution in [2.24, 2.45) is 0 Å². The molecule has 0 fully saturated rings. The first-order chi connectivity index (χ1) is 9.22. The Morgan fingerprint density at radius 1 is 1.21 bits per heavy atom. The SMILES string of the molecule is COc1cccc(NC(C)c2ccc(C#N)cc2)n1. The summed E-state index contributed by atoms with van der Waals surface area (Å²) < 4.78 is 5.09. The van der Waals surface area contributed by atoms with Crippen molar-refractivity contribution in [2.45, 2.75) is 13.0 Å². The van der Waals surface area contributed by atoms with Gasteiger partial charge in [0.1, 0.15) is 5.82 Å². The van der Waals surface area contributed by atoms with Gasteiger partial charge in [-0.3, -0.25) is 0 Å². The average molecular weight is 253 g/mol. The molecule has 19 heavy (non-hydrogen) atoms. The van der Waals surface area contributed by atoms with Crippen LogP contribution in [-0.4, -0.2) is 12.1 Å². The van der Waals surface area contributed by atoms with Crippen molar-refractivity contribution < 1.29 is 4.74 Å². The van der Waals surface area contributed by atoms with Gasteiger partial charge in [-0.05, 0) is 30.7 Å². The summed E-state index contributed by atoms with van der Waals surface area (Å²) in [6.07, 6.45) is 0. The minimum absolute atomic E-state index is 0.104. The fraction of sp³-hybridized carbons (Fsp3) is 0.200. The Hall–Kier alpha value is -2.54. The maximum atomic E-state index is 8.77. The van der Waals surface area contributed by atoms with Crippen LogP contribution in [0, 0.1) is 11.3 Å². The molecular formula is C15H15N3O. The Labute approximate surface area is 112 Å². The number of nitrogens with one attached hydrogen (secondary N) is 1. The van der Waals surface area contributed by atoms with Gasteiger partial charge in [-0.25, -0.2) is 0 Å². The fourth-order valence-electron chi connectivity index (χ4n) is 1.76. The Balaban J connectivity index is 2.11. The van der Waals surface area contributed by atoms with E-state index in [9.17, 15) is 0 Å². The summed E-state index contributed by atoms with van der Waals surface area (Å²) in [5, 5.41) is 12.1. The maximum absolute atomic E-state index is 8.77. The molecule has 1 atom stereocenters. The first-order valence-corrected chi connectivity index (χ1v) is 6.00. The largest absolute Gasteiger partial charge is 0.481 e. The number of ether oxygens (including phenoxy) is 1. The Morgan fingerprint density at radius 2 is 1.95 bits per heavy atom. The molecule has 0 radical (unpaired) electrons. The van der Waals surface area contributed by atoms with Gasteiger partial charge < -0.3 is 10.1 Å². The van der Waals surface area contributed by atoms with E-state index in [4.69, 9.17) is 10.00 Å². The molecule has 96 valence electrons. The van der Waals surface area contributed by atoms with Crippen LogP contribution in [0.15, 0.2) is 42.5 Å². The molecule has 0 aliphatic rings. The van der Waals surface area contributed by atoms with E-state index in [0.717, 1.165) is 11.4 Å². The Bertz CT molecular complexity index is 587. The Morgan fingerprint density at radius 3 is 2.58 bits per heavy atom. The lowest BCUT2D eigenvalue weighted by Crippen LogP contribution is -2.08. The summed E-state index contributed by atoms with van der Waals surface area (Å²) in [6, 6.07) is 15.3. The van der Waals surface area contributed by atoms with Crippen LogP contribution in [0.25, 0.3) is 0 Å². The zero-order valence-electron chi connectivity index (χ0n) is 10.9. The topological polar surface area (TPSA) is 57.9 Å². The number of anilines is 1. The highest BCUT2D eigenvalue weighted by atomic mass is 16.5. The summed E-state index contributed by atoms with van der Waals surface area (Å²) in [5.74, 6) is 1.34. The van der Waals surface area contributed by atoms with E-state index < -0.39 is 0 Å². The third-order valence-electron chi connectivity index (χ3n) is 2.84. The molecule has 4 heteroatoms.